The fourth-order valence-corrected chi connectivity index (χ4v) is 1.01. The number of aliphatic carboxylic acids is 1. The maximum Gasteiger partial charge on any atom is 0.369 e. The molecule has 82 valence electrons. The molecular formula is C7H10F3NO3. The Morgan fingerprint density at radius 1 is 1.50 bits per heavy atom. The molecule has 0 spiro atoms. The summed E-state index contributed by atoms with van der Waals surface area (Å²) in [7, 11) is 0. The number of nitrogens with zero attached hydrogens (tertiary/aromatic N) is 1. The summed E-state index contributed by atoms with van der Waals surface area (Å²) in [4.78, 5) is 21.0. The molecule has 0 aliphatic carbocycles. The molecular weight excluding hydrogens is 203 g/mol. The number of carbonyl (C=O) groups is 2. The second-order valence-electron chi connectivity index (χ2n) is 2.54. The molecule has 0 saturated heterocycles. The van der Waals surface area contributed by atoms with Crippen molar-refractivity contribution in [1.29, 1.82) is 0 Å². The molecule has 0 heterocycles. The van der Waals surface area contributed by atoms with Gasteiger partial charge in [-0.2, -0.15) is 0 Å². The van der Waals surface area contributed by atoms with Crippen LogP contribution in [0.4, 0.5) is 13.2 Å². The molecule has 0 saturated carbocycles. The second kappa shape index (κ2) is 4.30. The Labute approximate surface area is 78.3 Å². The lowest BCUT2D eigenvalue weighted by Crippen LogP contribution is -2.58. The van der Waals surface area contributed by atoms with Crippen molar-refractivity contribution in [1.82, 2.24) is 4.90 Å². The number of hydrogen-bond donors (Lipinski definition) is 1. The zero-order valence-electron chi connectivity index (χ0n) is 7.63. The van der Waals surface area contributed by atoms with Gasteiger partial charge >= 0.3 is 18.2 Å². The first-order valence-electron chi connectivity index (χ1n) is 3.77. The Kier molecular flexibility index (Phi) is 3.91. The number of rotatable bonds is 4. The molecule has 14 heavy (non-hydrogen) atoms. The standard InChI is InChI=1S/C7H10F3NO3/c1-3-11(4(2)12)7(10,5(8)9)6(13)14/h5H,3H2,1-2H3,(H,13,14)/t7-/m0/s1. The summed E-state index contributed by atoms with van der Waals surface area (Å²) in [5.74, 6) is -7.37. The Morgan fingerprint density at radius 3 is 2.00 bits per heavy atom. The number of carbonyl (C=O) groups excluding carboxylic acids is 1. The van der Waals surface area contributed by atoms with Gasteiger partial charge in [-0.1, -0.05) is 0 Å². The molecule has 4 nitrogen and oxygen atoms in total. The smallest absolute Gasteiger partial charge is 0.369 e. The number of halogens is 3. The van der Waals surface area contributed by atoms with Crippen molar-refractivity contribution >= 4 is 11.9 Å². The number of amides is 1. The number of carboxylic acids is 1. The zero-order chi connectivity index (χ0) is 11.5. The molecule has 1 atom stereocenters. The van der Waals surface area contributed by atoms with Crippen LogP contribution in [-0.2, 0) is 9.59 Å². The molecule has 1 N–H and O–H groups in total. The third kappa shape index (κ3) is 1.97. The van der Waals surface area contributed by atoms with Crippen LogP contribution < -0.4 is 0 Å². The van der Waals surface area contributed by atoms with Gasteiger partial charge in [0.25, 0.3) is 0 Å². The van der Waals surface area contributed by atoms with Crippen LogP contribution >= 0.6 is 0 Å². The highest BCUT2D eigenvalue weighted by atomic mass is 19.3. The van der Waals surface area contributed by atoms with Gasteiger partial charge in [-0.25, -0.2) is 18.0 Å². The topological polar surface area (TPSA) is 57.6 Å². The summed E-state index contributed by atoms with van der Waals surface area (Å²) in [5.41, 5.74) is 0. The van der Waals surface area contributed by atoms with Gasteiger partial charge in [-0.05, 0) is 6.92 Å². The monoisotopic (exact) mass is 213 g/mol. The minimum atomic E-state index is -3.94. The van der Waals surface area contributed by atoms with E-state index in [-0.39, 0.29) is 4.90 Å². The van der Waals surface area contributed by atoms with Crippen LogP contribution in [-0.4, -0.2) is 40.6 Å². The number of carboxylic acid groups (broad SMARTS) is 1. The Balaban J connectivity index is 5.17. The third-order valence-electron chi connectivity index (χ3n) is 1.68. The lowest BCUT2D eigenvalue weighted by molar-refractivity contribution is -0.194. The zero-order valence-corrected chi connectivity index (χ0v) is 7.63. The van der Waals surface area contributed by atoms with E-state index in [1.807, 2.05) is 0 Å². The summed E-state index contributed by atoms with van der Waals surface area (Å²) >= 11 is 0. The van der Waals surface area contributed by atoms with E-state index in [1.54, 1.807) is 0 Å². The summed E-state index contributed by atoms with van der Waals surface area (Å²) in [5, 5.41) is 8.30. The lowest BCUT2D eigenvalue weighted by atomic mass is 10.2. The van der Waals surface area contributed by atoms with E-state index in [4.69, 9.17) is 5.11 Å². The van der Waals surface area contributed by atoms with Crippen molar-refractivity contribution in [3.05, 3.63) is 0 Å². The highest BCUT2D eigenvalue weighted by molar-refractivity contribution is 5.85. The predicted molar refractivity (Wildman–Crippen MR) is 40.5 cm³/mol. The van der Waals surface area contributed by atoms with Crippen LogP contribution in [0.2, 0.25) is 0 Å². The van der Waals surface area contributed by atoms with Crippen molar-refractivity contribution in [3.8, 4) is 0 Å². The molecule has 0 radical (unpaired) electrons. The largest absolute Gasteiger partial charge is 0.477 e. The maximum absolute atomic E-state index is 13.3. The first kappa shape index (κ1) is 12.7. The summed E-state index contributed by atoms with van der Waals surface area (Å²) in [6.45, 7) is 1.59. The molecule has 0 unspecified atom stereocenters. The molecule has 0 rings (SSSR count). The van der Waals surface area contributed by atoms with Crippen LogP contribution in [0.1, 0.15) is 13.8 Å². The number of likely N-dealkylation sites (N-methyl/N-ethyl adjacent to an activating group) is 1. The van der Waals surface area contributed by atoms with Crippen LogP contribution in [0.25, 0.3) is 0 Å². The summed E-state index contributed by atoms with van der Waals surface area (Å²) in [6, 6.07) is 0. The normalized spacial score (nSPS) is 15.0. The molecule has 0 bridgehead atoms. The summed E-state index contributed by atoms with van der Waals surface area (Å²) < 4.78 is 37.7. The average molecular weight is 213 g/mol. The van der Waals surface area contributed by atoms with Crippen molar-refractivity contribution in [2.45, 2.75) is 26.1 Å². The second-order valence-corrected chi connectivity index (χ2v) is 2.54. The fourth-order valence-electron chi connectivity index (χ4n) is 1.01. The van der Waals surface area contributed by atoms with Crippen molar-refractivity contribution in [3.63, 3.8) is 0 Å². The lowest BCUT2D eigenvalue weighted by Gasteiger charge is -2.31. The first-order valence-corrected chi connectivity index (χ1v) is 3.77. The number of alkyl halides is 3. The number of hydrogen-bond acceptors (Lipinski definition) is 2. The minimum Gasteiger partial charge on any atom is -0.477 e. The van der Waals surface area contributed by atoms with Crippen molar-refractivity contribution < 1.29 is 27.9 Å². The maximum atomic E-state index is 13.3. The molecule has 0 aromatic carbocycles. The van der Waals surface area contributed by atoms with Crippen LogP contribution in [0.3, 0.4) is 0 Å². The van der Waals surface area contributed by atoms with Gasteiger partial charge in [0, 0.05) is 13.5 Å². The Morgan fingerprint density at radius 2 is 1.93 bits per heavy atom. The highest BCUT2D eigenvalue weighted by Crippen LogP contribution is 2.26. The molecule has 0 aliphatic heterocycles. The van der Waals surface area contributed by atoms with Crippen LogP contribution in [0.5, 0.6) is 0 Å². The third-order valence-corrected chi connectivity index (χ3v) is 1.68. The quantitative estimate of drug-likeness (QED) is 0.705. The van der Waals surface area contributed by atoms with Gasteiger partial charge in [-0.15, -0.1) is 0 Å². The Bertz CT molecular complexity index is 246. The van der Waals surface area contributed by atoms with Crippen LogP contribution in [0.15, 0.2) is 0 Å². The molecule has 0 aromatic heterocycles. The first-order chi connectivity index (χ1) is 6.28. The van der Waals surface area contributed by atoms with Crippen LogP contribution in [0, 0.1) is 0 Å². The average Bonchev–Trinajstić information content (AvgIpc) is 2.03. The molecule has 0 fully saturated rings. The van der Waals surface area contributed by atoms with E-state index in [1.165, 1.54) is 6.92 Å². The van der Waals surface area contributed by atoms with E-state index in [0.717, 1.165) is 6.92 Å². The minimum absolute atomic E-state index is 0.0278. The van der Waals surface area contributed by atoms with Gasteiger partial charge in [0.05, 0.1) is 0 Å². The van der Waals surface area contributed by atoms with E-state index >= 15 is 0 Å². The molecule has 7 heteroatoms. The summed E-state index contributed by atoms with van der Waals surface area (Å²) in [6.07, 6.45) is -3.79. The predicted octanol–water partition coefficient (Wildman–Crippen LogP) is 0.870. The SMILES string of the molecule is CCN(C(C)=O)[C@](F)(C(=O)O)C(F)F. The van der Waals surface area contributed by atoms with Crippen molar-refractivity contribution in [2.24, 2.45) is 0 Å². The van der Waals surface area contributed by atoms with E-state index in [2.05, 4.69) is 0 Å². The molecule has 1 amide bonds. The van der Waals surface area contributed by atoms with Gasteiger partial charge in [-0.3, -0.25) is 9.69 Å². The van der Waals surface area contributed by atoms with Gasteiger partial charge in [0.1, 0.15) is 0 Å². The van der Waals surface area contributed by atoms with E-state index < -0.39 is 30.6 Å². The van der Waals surface area contributed by atoms with Gasteiger partial charge in [0.2, 0.25) is 5.91 Å². The Hall–Kier alpha value is -1.27. The van der Waals surface area contributed by atoms with Gasteiger partial charge < -0.3 is 5.11 Å². The van der Waals surface area contributed by atoms with Crippen molar-refractivity contribution in [2.75, 3.05) is 6.54 Å². The van der Waals surface area contributed by atoms with Gasteiger partial charge in [0.15, 0.2) is 0 Å². The highest BCUT2D eigenvalue weighted by Gasteiger charge is 2.54. The fraction of sp³-hybridized carbons (Fsp3) is 0.714. The molecule has 0 aliphatic rings. The molecule has 0 aromatic rings. The van der Waals surface area contributed by atoms with E-state index in [0.29, 0.717) is 0 Å². The van der Waals surface area contributed by atoms with E-state index in [9.17, 15) is 22.8 Å².